The smallest absolute Gasteiger partial charge is 0.271 e. The topological polar surface area (TPSA) is 66.8 Å². The highest BCUT2D eigenvalue weighted by Gasteiger charge is 2.37. The van der Waals surface area contributed by atoms with E-state index in [9.17, 15) is 9.59 Å². The fraction of sp³-hybridized carbons (Fsp3) is 0.500. The maximum atomic E-state index is 14.2. The molecule has 4 heterocycles. The van der Waals surface area contributed by atoms with E-state index in [2.05, 4.69) is 54.2 Å². The lowest BCUT2D eigenvalue weighted by molar-refractivity contribution is -0.116. The number of benzene rings is 1. The van der Waals surface area contributed by atoms with Crippen LogP contribution >= 0.6 is 11.3 Å². The third-order valence-corrected chi connectivity index (χ3v) is 8.35. The van der Waals surface area contributed by atoms with Gasteiger partial charge in [-0.05, 0) is 95.3 Å². The van der Waals surface area contributed by atoms with Crippen molar-refractivity contribution >= 4 is 28.8 Å². The van der Waals surface area contributed by atoms with Gasteiger partial charge < -0.3 is 24.4 Å². The molecule has 0 saturated heterocycles. The molecule has 0 fully saturated rings. The maximum Gasteiger partial charge on any atom is 0.271 e. The summed E-state index contributed by atoms with van der Waals surface area (Å²) in [4.78, 5) is 32.0. The molecule has 216 valence electrons. The second kappa shape index (κ2) is 12.2. The van der Waals surface area contributed by atoms with Crippen LogP contribution in [0.2, 0.25) is 0 Å². The van der Waals surface area contributed by atoms with Crippen molar-refractivity contribution < 1.29 is 14.3 Å². The molecule has 0 radical (unpaired) electrons. The van der Waals surface area contributed by atoms with Crippen molar-refractivity contribution in [2.75, 3.05) is 39.6 Å². The fourth-order valence-electron chi connectivity index (χ4n) is 5.81. The SMILES string of the molecule is CC.COc1cc2c(cc1NC(=O)CN(C)C)-c1c(-c3cccs3)c3c(n1CC2)C(=O)N(C(C)(C)C)CCCC3. The molecule has 2 amide bonds. The number of fused-ring (bicyclic) bond motifs is 5. The predicted octanol–water partition coefficient (Wildman–Crippen LogP) is 6.55. The molecule has 0 spiro atoms. The number of hydrogen-bond donors (Lipinski definition) is 1. The molecule has 7 nitrogen and oxygen atoms in total. The second-order valence-electron chi connectivity index (χ2n) is 11.5. The third kappa shape index (κ3) is 5.70. The average molecular weight is 565 g/mol. The Labute approximate surface area is 243 Å². The number of methoxy groups -OCH3 is 1. The van der Waals surface area contributed by atoms with Crippen LogP contribution in [-0.4, -0.2) is 66.0 Å². The summed E-state index contributed by atoms with van der Waals surface area (Å²) in [5.74, 6) is 0.677. The highest BCUT2D eigenvalue weighted by Crippen LogP contribution is 2.48. The highest BCUT2D eigenvalue weighted by atomic mass is 32.1. The minimum absolute atomic E-state index is 0.0961. The van der Waals surface area contributed by atoms with Crippen molar-refractivity contribution in [3.8, 4) is 27.4 Å². The zero-order valence-corrected chi connectivity index (χ0v) is 26.1. The van der Waals surface area contributed by atoms with Crippen molar-refractivity contribution in [2.45, 2.75) is 72.4 Å². The Hall–Kier alpha value is -3.10. The van der Waals surface area contributed by atoms with E-state index >= 15 is 0 Å². The first kappa shape index (κ1) is 29.9. The molecular weight excluding hydrogens is 520 g/mol. The normalized spacial score (nSPS) is 14.8. The van der Waals surface area contributed by atoms with Gasteiger partial charge in [-0.2, -0.15) is 0 Å². The van der Waals surface area contributed by atoms with Crippen molar-refractivity contribution in [1.29, 1.82) is 0 Å². The van der Waals surface area contributed by atoms with Gasteiger partial charge in [-0.3, -0.25) is 9.59 Å². The predicted molar refractivity (Wildman–Crippen MR) is 166 cm³/mol. The number of likely N-dealkylation sites (N-methyl/N-ethyl adjacent to an activating group) is 1. The van der Waals surface area contributed by atoms with Crippen molar-refractivity contribution in [3.05, 3.63) is 46.5 Å². The molecule has 2 aromatic heterocycles. The summed E-state index contributed by atoms with van der Waals surface area (Å²) >= 11 is 1.71. The van der Waals surface area contributed by atoms with E-state index in [0.29, 0.717) is 11.4 Å². The minimum Gasteiger partial charge on any atom is -0.495 e. The van der Waals surface area contributed by atoms with Gasteiger partial charge in [0.1, 0.15) is 11.4 Å². The molecule has 3 aromatic rings. The van der Waals surface area contributed by atoms with Gasteiger partial charge in [0.25, 0.3) is 5.91 Å². The first-order valence-electron chi connectivity index (χ1n) is 14.4. The van der Waals surface area contributed by atoms with Crippen LogP contribution in [0.5, 0.6) is 5.75 Å². The molecule has 40 heavy (non-hydrogen) atoms. The van der Waals surface area contributed by atoms with Gasteiger partial charge in [0, 0.05) is 34.6 Å². The molecular formula is C32H44N4O3S. The molecule has 0 aliphatic carbocycles. The van der Waals surface area contributed by atoms with Gasteiger partial charge in [-0.15, -0.1) is 11.3 Å². The Bertz CT molecular complexity index is 1370. The van der Waals surface area contributed by atoms with E-state index in [1.165, 1.54) is 10.4 Å². The van der Waals surface area contributed by atoms with Crippen LogP contribution in [0.15, 0.2) is 29.6 Å². The number of aromatic nitrogens is 1. The molecule has 1 aromatic carbocycles. The lowest BCUT2D eigenvalue weighted by Gasteiger charge is -2.37. The van der Waals surface area contributed by atoms with E-state index in [1.807, 2.05) is 43.8 Å². The van der Waals surface area contributed by atoms with Crippen molar-refractivity contribution in [3.63, 3.8) is 0 Å². The van der Waals surface area contributed by atoms with Crippen molar-refractivity contribution in [2.24, 2.45) is 0 Å². The van der Waals surface area contributed by atoms with Crippen LogP contribution in [0.4, 0.5) is 5.69 Å². The number of hydrogen-bond acceptors (Lipinski definition) is 5. The summed E-state index contributed by atoms with van der Waals surface area (Å²) in [6.45, 7) is 12.1. The van der Waals surface area contributed by atoms with E-state index in [-0.39, 0.29) is 23.9 Å². The molecule has 0 saturated carbocycles. The number of ether oxygens (including phenoxy) is 1. The largest absolute Gasteiger partial charge is 0.495 e. The molecule has 0 unspecified atom stereocenters. The van der Waals surface area contributed by atoms with Gasteiger partial charge >= 0.3 is 0 Å². The molecule has 1 N–H and O–H groups in total. The quantitative estimate of drug-likeness (QED) is 0.382. The monoisotopic (exact) mass is 564 g/mol. The molecule has 5 rings (SSSR count). The van der Waals surface area contributed by atoms with E-state index in [0.717, 1.165) is 66.9 Å². The lowest BCUT2D eigenvalue weighted by atomic mass is 9.92. The summed E-state index contributed by atoms with van der Waals surface area (Å²) in [7, 11) is 5.38. The second-order valence-corrected chi connectivity index (χ2v) is 12.5. The van der Waals surface area contributed by atoms with Gasteiger partial charge in [-0.1, -0.05) is 19.9 Å². The van der Waals surface area contributed by atoms with Crippen LogP contribution in [0.25, 0.3) is 21.7 Å². The van der Waals surface area contributed by atoms with Gasteiger partial charge in [0.15, 0.2) is 0 Å². The number of carbonyl (C=O) groups excluding carboxylic acids is 2. The molecule has 2 aliphatic heterocycles. The van der Waals surface area contributed by atoms with Crippen molar-refractivity contribution in [1.82, 2.24) is 14.4 Å². The number of nitrogens with zero attached hydrogens (tertiary/aromatic N) is 3. The zero-order chi connectivity index (χ0) is 29.2. The summed E-state index contributed by atoms with van der Waals surface area (Å²) in [5, 5.41) is 5.16. The molecule has 8 heteroatoms. The van der Waals surface area contributed by atoms with E-state index in [1.54, 1.807) is 18.4 Å². The number of nitrogens with one attached hydrogen (secondary N) is 1. The summed E-state index contributed by atoms with van der Waals surface area (Å²) < 4.78 is 7.96. The molecule has 2 aliphatic rings. The zero-order valence-electron chi connectivity index (χ0n) is 25.3. The Kier molecular flexibility index (Phi) is 9.10. The number of anilines is 1. The molecule has 0 atom stereocenters. The van der Waals surface area contributed by atoms with E-state index in [4.69, 9.17) is 4.74 Å². The first-order valence-corrected chi connectivity index (χ1v) is 15.2. The third-order valence-electron chi connectivity index (χ3n) is 7.47. The van der Waals surface area contributed by atoms with Crippen LogP contribution < -0.4 is 10.1 Å². The summed E-state index contributed by atoms with van der Waals surface area (Å²) in [6.07, 6.45) is 3.70. The summed E-state index contributed by atoms with van der Waals surface area (Å²) in [6, 6.07) is 8.33. The van der Waals surface area contributed by atoms with Gasteiger partial charge in [0.05, 0.1) is 25.0 Å². The Morgan fingerprint density at radius 1 is 1.10 bits per heavy atom. The Morgan fingerprint density at radius 3 is 2.48 bits per heavy atom. The number of rotatable bonds is 5. The number of aryl methyl sites for hydroxylation is 1. The lowest BCUT2D eigenvalue weighted by Crippen LogP contribution is -2.47. The van der Waals surface area contributed by atoms with Gasteiger partial charge in [-0.25, -0.2) is 0 Å². The van der Waals surface area contributed by atoms with Gasteiger partial charge in [0.2, 0.25) is 5.91 Å². The van der Waals surface area contributed by atoms with Crippen LogP contribution in [0.1, 0.15) is 69.1 Å². The van der Waals surface area contributed by atoms with Crippen LogP contribution in [0, 0.1) is 0 Å². The standard InChI is InChI=1S/C30H38N4O3S.C2H6/c1-30(2,3)34-13-8-7-10-20-26(24-11-9-15-38-24)27-21-17-22(31-25(35)18-32(4)5)23(37-6)16-19(21)12-14-33(27)28(20)29(34)36;1-2/h9,11,15-17H,7-8,10,12-14,18H2,1-6H3,(H,31,35);1-2H3. The fourth-order valence-corrected chi connectivity index (χ4v) is 6.61. The number of carbonyl (C=O) groups is 2. The Morgan fingerprint density at radius 2 is 1.85 bits per heavy atom. The van der Waals surface area contributed by atoms with Crippen LogP contribution in [-0.2, 0) is 24.2 Å². The number of amides is 2. The maximum absolute atomic E-state index is 14.2. The summed E-state index contributed by atoms with van der Waals surface area (Å²) in [5.41, 5.74) is 6.85. The van der Waals surface area contributed by atoms with Crippen LogP contribution in [0.3, 0.4) is 0 Å². The Balaban J connectivity index is 0.00000181. The highest BCUT2D eigenvalue weighted by molar-refractivity contribution is 7.13. The minimum atomic E-state index is -0.261. The first-order chi connectivity index (χ1) is 19.1. The average Bonchev–Trinajstić information content (AvgIpc) is 3.52. The van der Waals surface area contributed by atoms with E-state index < -0.39 is 0 Å². The molecule has 0 bridgehead atoms. The number of thiophene rings is 1.